The van der Waals surface area contributed by atoms with Crippen LogP contribution in [0.1, 0.15) is 60.7 Å². The maximum Gasteiger partial charge on any atom is 0.254 e. The van der Waals surface area contributed by atoms with Crippen molar-refractivity contribution in [1.29, 1.82) is 0 Å². The zero-order valence-electron chi connectivity index (χ0n) is 15.2. The first-order chi connectivity index (χ1) is 13.0. The van der Waals surface area contributed by atoms with E-state index in [0.717, 1.165) is 74.3 Å². The minimum absolute atomic E-state index is 0.0298. The Kier molecular flexibility index (Phi) is 4.13. The quantitative estimate of drug-likeness (QED) is 0.868. The van der Waals surface area contributed by atoms with Crippen molar-refractivity contribution in [3.63, 3.8) is 0 Å². The van der Waals surface area contributed by atoms with Gasteiger partial charge in [-0.3, -0.25) is 9.69 Å². The van der Waals surface area contributed by atoms with E-state index in [4.69, 9.17) is 16.6 Å². The molecule has 1 atom stereocenters. The molecule has 5 rings (SSSR count). The van der Waals surface area contributed by atoms with Gasteiger partial charge in [-0.05, 0) is 62.8 Å². The predicted molar refractivity (Wildman–Crippen MR) is 103 cm³/mol. The van der Waals surface area contributed by atoms with Gasteiger partial charge in [0, 0.05) is 35.0 Å². The fraction of sp³-hybridized carbons (Fsp3) is 0.524. The van der Waals surface area contributed by atoms with Crippen molar-refractivity contribution in [2.24, 2.45) is 0 Å². The summed E-state index contributed by atoms with van der Waals surface area (Å²) in [5.74, 6) is 1.02. The van der Waals surface area contributed by atoms with Crippen LogP contribution in [0.5, 0.6) is 0 Å². The first-order valence-corrected chi connectivity index (χ1v) is 10.2. The number of aromatic nitrogens is 2. The number of aromatic amines is 1. The number of nitrogens with zero attached hydrogens (tertiary/aromatic N) is 2. The Hall–Kier alpha value is -1.72. The molecular weight excluding hydrogens is 365 g/mol. The monoisotopic (exact) mass is 387 g/mol. The van der Waals surface area contributed by atoms with Crippen molar-refractivity contribution >= 4 is 11.6 Å². The molecule has 2 heterocycles. The summed E-state index contributed by atoms with van der Waals surface area (Å²) in [7, 11) is 0. The SMILES string of the molecule is O=c1[nH]c(C2CC2)nc2c1CCC21CCCN(Cc2ccc(F)cc2Cl)C1. The van der Waals surface area contributed by atoms with Crippen LogP contribution in [0, 0.1) is 5.82 Å². The van der Waals surface area contributed by atoms with E-state index in [-0.39, 0.29) is 16.8 Å². The number of likely N-dealkylation sites (tertiary alicyclic amines) is 1. The number of rotatable bonds is 3. The topological polar surface area (TPSA) is 49.0 Å². The number of hydrogen-bond acceptors (Lipinski definition) is 3. The molecule has 1 spiro atoms. The number of H-pyrrole nitrogens is 1. The average Bonchev–Trinajstić information content (AvgIpc) is 3.43. The number of piperidine rings is 1. The van der Waals surface area contributed by atoms with Gasteiger partial charge >= 0.3 is 0 Å². The van der Waals surface area contributed by atoms with E-state index in [1.54, 1.807) is 6.07 Å². The first-order valence-electron chi connectivity index (χ1n) is 9.84. The lowest BCUT2D eigenvalue weighted by Crippen LogP contribution is -2.45. The van der Waals surface area contributed by atoms with Crippen molar-refractivity contribution < 1.29 is 4.39 Å². The Morgan fingerprint density at radius 2 is 2.19 bits per heavy atom. The predicted octanol–water partition coefficient (Wildman–Crippen LogP) is 3.92. The van der Waals surface area contributed by atoms with Gasteiger partial charge in [0.25, 0.3) is 5.56 Å². The van der Waals surface area contributed by atoms with Gasteiger partial charge in [0.1, 0.15) is 11.6 Å². The van der Waals surface area contributed by atoms with Crippen LogP contribution in [-0.2, 0) is 18.4 Å². The van der Waals surface area contributed by atoms with Crippen LogP contribution in [0.3, 0.4) is 0 Å². The highest BCUT2D eigenvalue weighted by atomic mass is 35.5. The zero-order valence-corrected chi connectivity index (χ0v) is 16.0. The molecule has 0 amide bonds. The molecule has 4 nitrogen and oxygen atoms in total. The molecule has 2 aliphatic carbocycles. The Labute approximate surface area is 162 Å². The molecule has 1 N–H and O–H groups in total. The number of benzene rings is 1. The number of fused-ring (bicyclic) bond motifs is 2. The maximum absolute atomic E-state index is 13.3. The smallest absolute Gasteiger partial charge is 0.254 e. The lowest BCUT2D eigenvalue weighted by molar-refractivity contribution is 0.136. The van der Waals surface area contributed by atoms with Crippen LogP contribution in [-0.4, -0.2) is 28.0 Å². The van der Waals surface area contributed by atoms with Crippen LogP contribution in [0.2, 0.25) is 5.02 Å². The van der Waals surface area contributed by atoms with E-state index < -0.39 is 0 Å². The average molecular weight is 388 g/mol. The standard InChI is InChI=1S/C21H23ClFN3O/c22-17-10-15(23)5-4-14(17)11-26-9-1-7-21(12-26)8-6-16-18(21)24-19(13-2-3-13)25-20(16)27/h4-5,10,13H,1-3,6-9,11-12H2,(H,24,25,27). The molecule has 6 heteroatoms. The third-order valence-electron chi connectivity index (χ3n) is 6.42. The van der Waals surface area contributed by atoms with Crippen molar-refractivity contribution in [3.8, 4) is 0 Å². The van der Waals surface area contributed by atoms with Crippen LogP contribution >= 0.6 is 11.6 Å². The van der Waals surface area contributed by atoms with Gasteiger partial charge in [0.15, 0.2) is 0 Å². The van der Waals surface area contributed by atoms with Crippen molar-refractivity contribution in [2.45, 2.75) is 56.4 Å². The van der Waals surface area contributed by atoms with Gasteiger partial charge in [0.05, 0.1) is 5.69 Å². The first kappa shape index (κ1) is 17.4. The van der Waals surface area contributed by atoms with Crippen LogP contribution in [0.25, 0.3) is 0 Å². The molecular formula is C21H23ClFN3O. The third-order valence-corrected chi connectivity index (χ3v) is 6.77. The molecule has 0 radical (unpaired) electrons. The van der Waals surface area contributed by atoms with Gasteiger partial charge in [-0.25, -0.2) is 9.37 Å². The largest absolute Gasteiger partial charge is 0.310 e. The van der Waals surface area contributed by atoms with Crippen molar-refractivity contribution in [2.75, 3.05) is 13.1 Å². The van der Waals surface area contributed by atoms with Gasteiger partial charge in [-0.15, -0.1) is 0 Å². The second kappa shape index (κ2) is 6.42. The second-order valence-corrected chi connectivity index (χ2v) is 8.79. The molecule has 2 aromatic rings. The highest BCUT2D eigenvalue weighted by molar-refractivity contribution is 6.31. The summed E-state index contributed by atoms with van der Waals surface area (Å²) in [4.78, 5) is 23.0. The van der Waals surface area contributed by atoms with Gasteiger partial charge in [-0.2, -0.15) is 0 Å². The van der Waals surface area contributed by atoms with E-state index in [1.807, 2.05) is 0 Å². The molecule has 2 fully saturated rings. The van der Waals surface area contributed by atoms with E-state index >= 15 is 0 Å². The third kappa shape index (κ3) is 3.11. The maximum atomic E-state index is 13.3. The van der Waals surface area contributed by atoms with Gasteiger partial charge in [0.2, 0.25) is 0 Å². The zero-order chi connectivity index (χ0) is 18.6. The molecule has 142 valence electrons. The van der Waals surface area contributed by atoms with E-state index in [0.29, 0.717) is 17.5 Å². The van der Waals surface area contributed by atoms with Gasteiger partial charge in [-0.1, -0.05) is 17.7 Å². The Bertz CT molecular complexity index is 955. The molecule has 1 aliphatic heterocycles. The lowest BCUT2D eigenvalue weighted by atomic mass is 9.77. The van der Waals surface area contributed by atoms with Crippen LogP contribution in [0.15, 0.2) is 23.0 Å². The molecule has 1 saturated heterocycles. The molecule has 3 aliphatic rings. The summed E-state index contributed by atoms with van der Waals surface area (Å²) in [6.07, 6.45) is 6.21. The summed E-state index contributed by atoms with van der Waals surface area (Å²) in [6, 6.07) is 4.62. The minimum atomic E-state index is -0.306. The molecule has 1 unspecified atom stereocenters. The Morgan fingerprint density at radius 3 is 2.96 bits per heavy atom. The van der Waals surface area contributed by atoms with E-state index in [9.17, 15) is 9.18 Å². The molecule has 1 aromatic heterocycles. The minimum Gasteiger partial charge on any atom is -0.310 e. The van der Waals surface area contributed by atoms with E-state index in [1.165, 1.54) is 12.1 Å². The highest BCUT2D eigenvalue weighted by Crippen LogP contribution is 2.45. The van der Waals surface area contributed by atoms with Gasteiger partial charge < -0.3 is 4.98 Å². The molecule has 27 heavy (non-hydrogen) atoms. The Balaban J connectivity index is 1.44. The molecule has 0 bridgehead atoms. The summed E-state index contributed by atoms with van der Waals surface area (Å²) >= 11 is 6.24. The number of hydrogen-bond donors (Lipinski definition) is 1. The number of halogens is 2. The normalized spacial score (nSPS) is 25.1. The second-order valence-electron chi connectivity index (χ2n) is 8.38. The molecule has 1 saturated carbocycles. The highest BCUT2D eigenvalue weighted by Gasteiger charge is 2.45. The fourth-order valence-electron chi connectivity index (χ4n) is 4.87. The van der Waals surface area contributed by atoms with Crippen molar-refractivity contribution in [1.82, 2.24) is 14.9 Å². The summed E-state index contributed by atoms with van der Waals surface area (Å²) < 4.78 is 13.3. The molecule has 1 aromatic carbocycles. The number of nitrogens with one attached hydrogen (secondary N) is 1. The Morgan fingerprint density at radius 1 is 1.33 bits per heavy atom. The summed E-state index contributed by atoms with van der Waals surface area (Å²) in [6.45, 7) is 2.58. The van der Waals surface area contributed by atoms with E-state index in [2.05, 4.69) is 9.88 Å². The summed E-state index contributed by atoms with van der Waals surface area (Å²) in [5.41, 5.74) is 2.92. The fourth-order valence-corrected chi connectivity index (χ4v) is 5.10. The van der Waals surface area contributed by atoms with Crippen LogP contribution < -0.4 is 5.56 Å². The van der Waals surface area contributed by atoms with Crippen LogP contribution in [0.4, 0.5) is 4.39 Å². The van der Waals surface area contributed by atoms with Crippen molar-refractivity contribution in [3.05, 3.63) is 62.0 Å². The summed E-state index contributed by atoms with van der Waals surface area (Å²) in [5, 5.41) is 0.479. The lowest BCUT2D eigenvalue weighted by Gasteiger charge is -2.40.